The summed E-state index contributed by atoms with van der Waals surface area (Å²) >= 11 is 0. The fraction of sp³-hybridized carbons (Fsp3) is 0.417. The van der Waals surface area contributed by atoms with Crippen LogP contribution in [0.1, 0.15) is 31.0 Å². The molecule has 2 aromatic carbocycles. The molecule has 0 aliphatic heterocycles. The van der Waals surface area contributed by atoms with Crippen LogP contribution in [-0.2, 0) is 26.2 Å². The van der Waals surface area contributed by atoms with Crippen molar-refractivity contribution in [3.63, 3.8) is 0 Å². The van der Waals surface area contributed by atoms with Crippen molar-refractivity contribution in [3.05, 3.63) is 65.7 Å². The van der Waals surface area contributed by atoms with Gasteiger partial charge in [0.2, 0.25) is 21.8 Å². The number of nitrogens with zero attached hydrogens (tertiary/aromatic N) is 2. The van der Waals surface area contributed by atoms with Gasteiger partial charge in [0, 0.05) is 20.1 Å². The van der Waals surface area contributed by atoms with Gasteiger partial charge in [-0.1, -0.05) is 56.3 Å². The van der Waals surface area contributed by atoms with Crippen molar-refractivity contribution in [2.75, 3.05) is 33.5 Å². The van der Waals surface area contributed by atoms with Gasteiger partial charge in [-0.2, -0.15) is 4.31 Å². The van der Waals surface area contributed by atoms with Crippen molar-refractivity contribution in [3.8, 4) is 5.75 Å². The average molecular weight is 476 g/mol. The van der Waals surface area contributed by atoms with Crippen molar-refractivity contribution in [2.24, 2.45) is 5.92 Å². The number of amides is 2. The van der Waals surface area contributed by atoms with Crippen LogP contribution in [-0.4, -0.2) is 62.9 Å². The quantitative estimate of drug-likeness (QED) is 0.539. The van der Waals surface area contributed by atoms with E-state index in [1.807, 2.05) is 32.0 Å². The van der Waals surface area contributed by atoms with E-state index in [2.05, 4.69) is 5.32 Å². The van der Waals surface area contributed by atoms with E-state index in [4.69, 9.17) is 4.74 Å². The van der Waals surface area contributed by atoms with Crippen LogP contribution in [0.3, 0.4) is 0 Å². The van der Waals surface area contributed by atoms with E-state index in [9.17, 15) is 18.0 Å². The molecule has 0 aliphatic rings. The molecule has 33 heavy (non-hydrogen) atoms. The largest absolute Gasteiger partial charge is 0.497 e. The molecule has 2 aromatic rings. The van der Waals surface area contributed by atoms with Crippen LogP contribution in [0.5, 0.6) is 5.75 Å². The molecule has 1 N–H and O–H groups in total. The molecule has 0 bridgehead atoms. The Hall–Kier alpha value is -2.91. The molecule has 0 saturated carbocycles. The number of likely N-dealkylation sites (N-methyl/N-ethyl adjacent to an activating group) is 1. The van der Waals surface area contributed by atoms with E-state index in [-0.39, 0.29) is 24.9 Å². The molecular weight excluding hydrogens is 442 g/mol. The molecule has 0 aliphatic carbocycles. The Morgan fingerprint density at radius 3 is 2.15 bits per heavy atom. The molecule has 1 atom stereocenters. The first-order valence-corrected chi connectivity index (χ1v) is 12.5. The SMILES string of the molecule is COc1ccc(CN(C(=O)CN(C)S(C)(=O)=O)[C@@H](C(=O)NCC(C)C)c2ccccc2)cc1. The molecule has 0 saturated heterocycles. The van der Waals surface area contributed by atoms with Gasteiger partial charge in [0.15, 0.2) is 0 Å². The van der Waals surface area contributed by atoms with Crippen LogP contribution in [0, 0.1) is 5.92 Å². The second kappa shape index (κ2) is 11.8. The van der Waals surface area contributed by atoms with Crippen molar-refractivity contribution in [1.82, 2.24) is 14.5 Å². The number of sulfonamides is 1. The van der Waals surface area contributed by atoms with Gasteiger partial charge in [-0.3, -0.25) is 9.59 Å². The first-order chi connectivity index (χ1) is 15.5. The maximum absolute atomic E-state index is 13.4. The van der Waals surface area contributed by atoms with E-state index in [1.165, 1.54) is 11.9 Å². The Labute approximate surface area is 196 Å². The zero-order valence-corrected chi connectivity index (χ0v) is 20.6. The van der Waals surface area contributed by atoms with Crippen molar-refractivity contribution >= 4 is 21.8 Å². The van der Waals surface area contributed by atoms with Crippen molar-refractivity contribution in [2.45, 2.75) is 26.4 Å². The minimum atomic E-state index is -3.58. The molecule has 0 radical (unpaired) electrons. The molecule has 2 amide bonds. The van der Waals surface area contributed by atoms with Gasteiger partial charge < -0.3 is 15.0 Å². The van der Waals surface area contributed by atoms with E-state index in [0.717, 1.165) is 16.1 Å². The summed E-state index contributed by atoms with van der Waals surface area (Å²) in [7, 11) is -0.668. The highest BCUT2D eigenvalue weighted by molar-refractivity contribution is 7.88. The summed E-state index contributed by atoms with van der Waals surface area (Å²) in [5.41, 5.74) is 1.42. The molecular formula is C24H33N3O5S. The number of methoxy groups -OCH3 is 1. The third-order valence-corrected chi connectivity index (χ3v) is 6.38. The van der Waals surface area contributed by atoms with Crippen LogP contribution in [0.2, 0.25) is 0 Å². The van der Waals surface area contributed by atoms with Crippen LogP contribution >= 0.6 is 0 Å². The van der Waals surface area contributed by atoms with Crippen LogP contribution in [0.25, 0.3) is 0 Å². The first-order valence-electron chi connectivity index (χ1n) is 10.7. The van der Waals surface area contributed by atoms with Crippen molar-refractivity contribution < 1.29 is 22.7 Å². The van der Waals surface area contributed by atoms with Gasteiger partial charge in [-0.15, -0.1) is 0 Å². The van der Waals surface area contributed by atoms with Gasteiger partial charge in [0.05, 0.1) is 19.9 Å². The zero-order valence-electron chi connectivity index (χ0n) is 19.8. The highest BCUT2D eigenvalue weighted by Gasteiger charge is 2.32. The third-order valence-electron chi connectivity index (χ3n) is 5.12. The molecule has 0 unspecified atom stereocenters. The first kappa shape index (κ1) is 26.3. The summed E-state index contributed by atoms with van der Waals surface area (Å²) in [6, 6.07) is 15.3. The normalized spacial score (nSPS) is 12.5. The topological polar surface area (TPSA) is 96.0 Å². The maximum Gasteiger partial charge on any atom is 0.247 e. The maximum atomic E-state index is 13.4. The molecule has 9 heteroatoms. The fourth-order valence-electron chi connectivity index (χ4n) is 3.16. The molecule has 0 aromatic heterocycles. The van der Waals surface area contributed by atoms with Gasteiger partial charge >= 0.3 is 0 Å². The van der Waals surface area contributed by atoms with Gasteiger partial charge in [-0.25, -0.2) is 8.42 Å². The minimum Gasteiger partial charge on any atom is -0.497 e. The van der Waals surface area contributed by atoms with E-state index in [0.29, 0.717) is 17.9 Å². The minimum absolute atomic E-state index is 0.120. The summed E-state index contributed by atoms with van der Waals surface area (Å²) in [6.45, 7) is 4.17. The Morgan fingerprint density at radius 2 is 1.64 bits per heavy atom. The highest BCUT2D eigenvalue weighted by Crippen LogP contribution is 2.25. The average Bonchev–Trinajstić information content (AvgIpc) is 2.77. The summed E-state index contributed by atoms with van der Waals surface area (Å²) in [5, 5.41) is 2.92. The number of rotatable bonds is 11. The smallest absolute Gasteiger partial charge is 0.247 e. The van der Waals surface area contributed by atoms with Crippen LogP contribution < -0.4 is 10.1 Å². The lowest BCUT2D eigenvalue weighted by Gasteiger charge is -2.33. The molecule has 8 nitrogen and oxygen atoms in total. The number of hydrogen-bond donors (Lipinski definition) is 1. The number of benzene rings is 2. The third kappa shape index (κ3) is 7.87. The Bertz CT molecular complexity index is 1020. The lowest BCUT2D eigenvalue weighted by molar-refractivity contribution is -0.141. The Morgan fingerprint density at radius 1 is 1.03 bits per heavy atom. The molecule has 0 heterocycles. The summed E-state index contributed by atoms with van der Waals surface area (Å²) in [4.78, 5) is 28.1. The second-order valence-corrected chi connectivity index (χ2v) is 10.4. The summed E-state index contributed by atoms with van der Waals surface area (Å²) in [6.07, 6.45) is 1.04. The van der Waals surface area contributed by atoms with Crippen LogP contribution in [0.15, 0.2) is 54.6 Å². The number of carbonyl (C=O) groups is 2. The number of carbonyl (C=O) groups excluding carboxylic acids is 2. The Kier molecular flexibility index (Phi) is 9.43. The number of ether oxygens (including phenoxy) is 1. The van der Waals surface area contributed by atoms with E-state index < -0.39 is 22.0 Å². The molecule has 2 rings (SSSR count). The molecule has 0 fully saturated rings. The Balaban J connectivity index is 2.48. The van der Waals surface area contributed by atoms with E-state index >= 15 is 0 Å². The van der Waals surface area contributed by atoms with E-state index in [1.54, 1.807) is 43.5 Å². The summed E-state index contributed by atoms with van der Waals surface area (Å²) < 4.78 is 30.0. The van der Waals surface area contributed by atoms with Gasteiger partial charge in [0.25, 0.3) is 0 Å². The monoisotopic (exact) mass is 475 g/mol. The predicted octanol–water partition coefficient (Wildman–Crippen LogP) is 2.43. The standard InChI is InChI=1S/C24H33N3O5S/c1-18(2)15-25-24(29)23(20-9-7-6-8-10-20)27(22(28)17-26(3)33(5,30)31)16-19-11-13-21(32-4)14-12-19/h6-14,18,23H,15-17H2,1-5H3,(H,25,29)/t23-/m1/s1. The van der Waals surface area contributed by atoms with Gasteiger partial charge in [-0.05, 0) is 29.2 Å². The van der Waals surface area contributed by atoms with Crippen molar-refractivity contribution in [1.29, 1.82) is 0 Å². The lowest BCUT2D eigenvalue weighted by atomic mass is 10.0. The second-order valence-electron chi connectivity index (χ2n) is 8.34. The predicted molar refractivity (Wildman–Crippen MR) is 128 cm³/mol. The summed E-state index contributed by atoms with van der Waals surface area (Å²) in [5.74, 6) is 0.0984. The fourth-order valence-corrected chi connectivity index (χ4v) is 3.50. The van der Waals surface area contributed by atoms with Crippen LogP contribution in [0.4, 0.5) is 0 Å². The highest BCUT2D eigenvalue weighted by atomic mass is 32.2. The zero-order chi connectivity index (χ0) is 24.6. The molecule has 180 valence electrons. The number of hydrogen-bond acceptors (Lipinski definition) is 5. The number of nitrogens with one attached hydrogen (secondary N) is 1. The lowest BCUT2D eigenvalue weighted by Crippen LogP contribution is -2.47. The molecule has 0 spiro atoms. The van der Waals surface area contributed by atoms with Gasteiger partial charge in [0.1, 0.15) is 11.8 Å².